The zero-order chi connectivity index (χ0) is 14.4. The number of hydrogen-bond donors (Lipinski definition) is 2. The lowest BCUT2D eigenvalue weighted by Gasteiger charge is -2.17. The van der Waals surface area contributed by atoms with E-state index < -0.39 is 0 Å². The number of hydrazine groups is 1. The summed E-state index contributed by atoms with van der Waals surface area (Å²) in [4.78, 5) is 0. The van der Waals surface area contributed by atoms with Crippen LogP contribution in [0.4, 0.5) is 0 Å². The number of nitrogens with two attached hydrogens (primary N) is 1. The molecule has 0 aliphatic carbocycles. The quantitative estimate of drug-likeness (QED) is 0.632. The summed E-state index contributed by atoms with van der Waals surface area (Å²) in [5.74, 6) is 6.52. The molecule has 1 unspecified atom stereocenters. The van der Waals surface area contributed by atoms with Crippen molar-refractivity contribution in [3.63, 3.8) is 0 Å². The van der Waals surface area contributed by atoms with E-state index in [1.165, 1.54) is 5.56 Å². The van der Waals surface area contributed by atoms with Crippen molar-refractivity contribution in [2.45, 2.75) is 18.9 Å². The number of methoxy groups -OCH3 is 1. The van der Waals surface area contributed by atoms with E-state index in [0.717, 1.165) is 29.2 Å². The van der Waals surface area contributed by atoms with Gasteiger partial charge in [0.2, 0.25) is 0 Å². The van der Waals surface area contributed by atoms with Crippen LogP contribution in [-0.4, -0.2) is 7.11 Å². The van der Waals surface area contributed by atoms with Gasteiger partial charge in [0.15, 0.2) is 0 Å². The minimum atomic E-state index is 0.0470. The molecular formula is C16H19ClN2O. The summed E-state index contributed by atoms with van der Waals surface area (Å²) in [6, 6.07) is 15.9. The van der Waals surface area contributed by atoms with Gasteiger partial charge in [-0.1, -0.05) is 41.9 Å². The molecule has 2 aromatic carbocycles. The lowest BCUT2D eigenvalue weighted by atomic mass is 9.99. The molecule has 0 bridgehead atoms. The highest BCUT2D eigenvalue weighted by Gasteiger charge is 2.12. The minimum Gasteiger partial charge on any atom is -0.497 e. The van der Waals surface area contributed by atoms with Crippen molar-refractivity contribution in [1.29, 1.82) is 0 Å². The Kier molecular flexibility index (Phi) is 5.41. The van der Waals surface area contributed by atoms with Gasteiger partial charge < -0.3 is 4.74 Å². The summed E-state index contributed by atoms with van der Waals surface area (Å²) in [7, 11) is 1.67. The van der Waals surface area contributed by atoms with E-state index in [2.05, 4.69) is 17.6 Å². The van der Waals surface area contributed by atoms with Crippen molar-refractivity contribution in [2.75, 3.05) is 7.11 Å². The summed E-state index contributed by atoms with van der Waals surface area (Å²) < 4.78 is 5.15. The van der Waals surface area contributed by atoms with Crippen LogP contribution in [0.1, 0.15) is 23.6 Å². The zero-order valence-electron chi connectivity index (χ0n) is 11.5. The first-order valence-electron chi connectivity index (χ1n) is 6.58. The second-order valence-electron chi connectivity index (χ2n) is 4.63. The zero-order valence-corrected chi connectivity index (χ0v) is 12.2. The Morgan fingerprint density at radius 1 is 1.15 bits per heavy atom. The highest BCUT2D eigenvalue weighted by atomic mass is 35.5. The molecule has 2 aromatic rings. The maximum atomic E-state index is 6.21. The number of ether oxygens (including phenoxy) is 1. The van der Waals surface area contributed by atoms with Crippen LogP contribution in [0.3, 0.4) is 0 Å². The van der Waals surface area contributed by atoms with Gasteiger partial charge in [0.25, 0.3) is 0 Å². The monoisotopic (exact) mass is 290 g/mol. The minimum absolute atomic E-state index is 0.0470. The first-order chi connectivity index (χ1) is 9.74. The largest absolute Gasteiger partial charge is 0.497 e. The number of benzene rings is 2. The van der Waals surface area contributed by atoms with Gasteiger partial charge in [0.05, 0.1) is 7.11 Å². The Labute approximate surface area is 124 Å². The van der Waals surface area contributed by atoms with Crippen LogP contribution in [0.5, 0.6) is 5.75 Å². The van der Waals surface area contributed by atoms with Crippen LogP contribution < -0.4 is 16.0 Å². The molecule has 0 aromatic heterocycles. The summed E-state index contributed by atoms with van der Waals surface area (Å²) >= 11 is 6.21. The third-order valence-corrected chi connectivity index (χ3v) is 3.71. The molecule has 0 fully saturated rings. The number of hydrogen-bond acceptors (Lipinski definition) is 3. The van der Waals surface area contributed by atoms with Gasteiger partial charge in [-0.15, -0.1) is 0 Å². The molecule has 3 N–H and O–H groups in total. The lowest BCUT2D eigenvalue weighted by Crippen LogP contribution is -2.28. The third-order valence-electron chi connectivity index (χ3n) is 3.36. The molecule has 0 aliphatic rings. The van der Waals surface area contributed by atoms with Crippen LogP contribution in [0.15, 0.2) is 48.5 Å². The Hall–Kier alpha value is -1.55. The molecule has 0 heterocycles. The smallest absolute Gasteiger partial charge is 0.118 e. The summed E-state index contributed by atoms with van der Waals surface area (Å²) in [6.07, 6.45) is 1.80. The summed E-state index contributed by atoms with van der Waals surface area (Å²) in [6.45, 7) is 0. The van der Waals surface area contributed by atoms with E-state index in [0.29, 0.717) is 0 Å². The number of halogens is 1. The molecule has 3 nitrogen and oxygen atoms in total. The second-order valence-corrected chi connectivity index (χ2v) is 5.03. The van der Waals surface area contributed by atoms with Gasteiger partial charge in [-0.25, -0.2) is 0 Å². The molecule has 0 aliphatic heterocycles. The predicted molar refractivity (Wildman–Crippen MR) is 82.8 cm³/mol. The van der Waals surface area contributed by atoms with Gasteiger partial charge >= 0.3 is 0 Å². The Bertz CT molecular complexity index is 542. The highest BCUT2D eigenvalue weighted by molar-refractivity contribution is 6.31. The Morgan fingerprint density at radius 3 is 2.45 bits per heavy atom. The molecular weight excluding hydrogens is 272 g/mol. The molecule has 0 radical (unpaired) electrons. The van der Waals surface area contributed by atoms with Crippen LogP contribution in [-0.2, 0) is 6.42 Å². The molecule has 0 saturated heterocycles. The fourth-order valence-corrected chi connectivity index (χ4v) is 2.46. The second kappa shape index (κ2) is 7.29. The predicted octanol–water partition coefficient (Wildman–Crippen LogP) is 3.49. The molecule has 0 saturated carbocycles. The van der Waals surface area contributed by atoms with E-state index in [1.54, 1.807) is 7.11 Å². The van der Waals surface area contributed by atoms with Crippen molar-refractivity contribution < 1.29 is 4.74 Å². The van der Waals surface area contributed by atoms with Gasteiger partial charge in [0.1, 0.15) is 5.75 Å². The van der Waals surface area contributed by atoms with E-state index in [9.17, 15) is 0 Å². The SMILES string of the molecule is COc1ccc(CCC(NN)c2ccccc2Cl)cc1. The van der Waals surface area contributed by atoms with Crippen molar-refractivity contribution in [2.24, 2.45) is 5.84 Å². The average molecular weight is 291 g/mol. The van der Waals surface area contributed by atoms with E-state index in [-0.39, 0.29) is 6.04 Å². The third kappa shape index (κ3) is 3.73. The number of rotatable bonds is 6. The van der Waals surface area contributed by atoms with Crippen LogP contribution in [0, 0.1) is 0 Å². The van der Waals surface area contributed by atoms with Gasteiger partial charge in [-0.2, -0.15) is 0 Å². The van der Waals surface area contributed by atoms with Crippen LogP contribution in [0.2, 0.25) is 5.02 Å². The first kappa shape index (κ1) is 14.9. The van der Waals surface area contributed by atoms with Gasteiger partial charge in [0, 0.05) is 11.1 Å². The maximum Gasteiger partial charge on any atom is 0.118 e. The van der Waals surface area contributed by atoms with Crippen LogP contribution in [0.25, 0.3) is 0 Å². The Morgan fingerprint density at radius 2 is 1.85 bits per heavy atom. The lowest BCUT2D eigenvalue weighted by molar-refractivity contribution is 0.414. The summed E-state index contributed by atoms with van der Waals surface area (Å²) in [5.41, 5.74) is 5.12. The molecule has 20 heavy (non-hydrogen) atoms. The van der Waals surface area contributed by atoms with Gasteiger partial charge in [-0.3, -0.25) is 11.3 Å². The molecule has 1 atom stereocenters. The van der Waals surface area contributed by atoms with Crippen LogP contribution >= 0.6 is 11.6 Å². The topological polar surface area (TPSA) is 47.3 Å². The summed E-state index contributed by atoms with van der Waals surface area (Å²) in [5, 5.41) is 0.741. The molecule has 4 heteroatoms. The molecule has 106 valence electrons. The van der Waals surface area contributed by atoms with E-state index in [1.807, 2.05) is 36.4 Å². The molecule has 0 spiro atoms. The van der Waals surface area contributed by atoms with Crippen molar-refractivity contribution in [3.05, 3.63) is 64.7 Å². The number of nitrogens with one attached hydrogen (secondary N) is 1. The standard InChI is InChI=1S/C16H19ClN2O/c1-20-13-9-6-12(7-10-13)8-11-16(19-18)14-4-2-3-5-15(14)17/h2-7,9-10,16,19H,8,11,18H2,1H3. The van der Waals surface area contributed by atoms with Crippen molar-refractivity contribution >= 4 is 11.6 Å². The average Bonchev–Trinajstić information content (AvgIpc) is 2.50. The van der Waals surface area contributed by atoms with E-state index >= 15 is 0 Å². The van der Waals surface area contributed by atoms with Crippen molar-refractivity contribution in [3.8, 4) is 5.75 Å². The number of aryl methyl sites for hydroxylation is 1. The fourth-order valence-electron chi connectivity index (χ4n) is 2.19. The molecule has 2 rings (SSSR count). The first-order valence-corrected chi connectivity index (χ1v) is 6.96. The normalized spacial score (nSPS) is 12.2. The maximum absolute atomic E-state index is 6.21. The highest BCUT2D eigenvalue weighted by Crippen LogP contribution is 2.25. The Balaban J connectivity index is 2.02. The van der Waals surface area contributed by atoms with Crippen molar-refractivity contribution in [1.82, 2.24) is 5.43 Å². The van der Waals surface area contributed by atoms with Gasteiger partial charge in [-0.05, 0) is 42.2 Å². The fraction of sp³-hybridized carbons (Fsp3) is 0.250. The van der Waals surface area contributed by atoms with E-state index in [4.69, 9.17) is 22.2 Å². The molecule has 0 amide bonds.